The molecule has 2 aromatic carbocycles. The lowest BCUT2D eigenvalue weighted by atomic mass is 10.1. The fourth-order valence-electron chi connectivity index (χ4n) is 2.38. The predicted molar refractivity (Wildman–Crippen MR) is 92.4 cm³/mol. The third-order valence-corrected chi connectivity index (χ3v) is 3.79. The number of fused-ring (bicyclic) bond motifs is 1. The van der Waals surface area contributed by atoms with E-state index < -0.39 is 0 Å². The third-order valence-electron chi connectivity index (χ3n) is 3.54. The van der Waals surface area contributed by atoms with E-state index in [4.69, 9.17) is 16.0 Å². The molecule has 122 valence electrons. The first-order valence-corrected chi connectivity index (χ1v) is 7.85. The molecule has 0 aliphatic rings. The van der Waals surface area contributed by atoms with Crippen molar-refractivity contribution in [3.05, 3.63) is 58.9 Å². The molecule has 0 spiro atoms. The van der Waals surface area contributed by atoms with Crippen LogP contribution in [0.2, 0.25) is 5.02 Å². The first-order valence-electron chi connectivity index (χ1n) is 7.48. The number of hydrogen-bond donors (Lipinski definition) is 1. The molecule has 0 aliphatic heterocycles. The van der Waals surface area contributed by atoms with Crippen molar-refractivity contribution in [2.24, 2.45) is 0 Å². The molecule has 3 aromatic rings. The van der Waals surface area contributed by atoms with Crippen LogP contribution in [0.3, 0.4) is 0 Å². The van der Waals surface area contributed by atoms with Gasteiger partial charge < -0.3 is 9.73 Å². The second kappa shape index (κ2) is 6.84. The summed E-state index contributed by atoms with van der Waals surface area (Å²) < 4.78 is 5.50. The minimum Gasteiger partial charge on any atom is -0.439 e. The topological polar surface area (TPSA) is 72.2 Å². The average molecular weight is 343 g/mol. The zero-order valence-electron chi connectivity index (χ0n) is 13.0. The van der Waals surface area contributed by atoms with E-state index in [0.29, 0.717) is 33.3 Å². The van der Waals surface area contributed by atoms with E-state index >= 15 is 0 Å². The summed E-state index contributed by atoms with van der Waals surface area (Å²) >= 11 is 5.79. The highest BCUT2D eigenvalue weighted by atomic mass is 35.5. The van der Waals surface area contributed by atoms with Crippen LogP contribution in [0.25, 0.3) is 11.1 Å². The van der Waals surface area contributed by atoms with Gasteiger partial charge in [0.1, 0.15) is 5.52 Å². The summed E-state index contributed by atoms with van der Waals surface area (Å²) in [6.45, 7) is 1.75. The molecule has 0 unspecified atom stereocenters. The number of Topliss-reactive ketones (excluding diaryl/α,β-unsaturated/α-hetero) is 1. The quantitative estimate of drug-likeness (QED) is 0.698. The molecule has 0 atom stereocenters. The number of halogens is 1. The maximum absolute atomic E-state index is 12.1. The van der Waals surface area contributed by atoms with Crippen molar-refractivity contribution >= 4 is 40.1 Å². The van der Waals surface area contributed by atoms with Gasteiger partial charge in [0, 0.05) is 30.4 Å². The molecule has 1 N–H and O–H groups in total. The van der Waals surface area contributed by atoms with Gasteiger partial charge in [-0.15, -0.1) is 0 Å². The molecule has 5 nitrogen and oxygen atoms in total. The first-order chi connectivity index (χ1) is 11.5. The van der Waals surface area contributed by atoms with Crippen molar-refractivity contribution < 1.29 is 14.0 Å². The normalized spacial score (nSPS) is 10.8. The molecule has 0 bridgehead atoms. The van der Waals surface area contributed by atoms with Crippen molar-refractivity contribution in [3.63, 3.8) is 0 Å². The van der Waals surface area contributed by atoms with Gasteiger partial charge in [-0.1, -0.05) is 17.7 Å². The Balaban J connectivity index is 1.63. The van der Waals surface area contributed by atoms with Gasteiger partial charge in [0.2, 0.25) is 5.91 Å². The lowest BCUT2D eigenvalue weighted by Gasteiger charge is -2.05. The fourth-order valence-corrected chi connectivity index (χ4v) is 2.50. The zero-order chi connectivity index (χ0) is 17.1. The van der Waals surface area contributed by atoms with Gasteiger partial charge in [0.05, 0.1) is 5.69 Å². The molecule has 0 fully saturated rings. The number of carbonyl (C=O) groups excluding carboxylic acids is 2. The molecule has 1 amide bonds. The number of rotatable bonds is 5. The van der Waals surface area contributed by atoms with Gasteiger partial charge >= 0.3 is 0 Å². The molecule has 0 saturated heterocycles. The highest BCUT2D eigenvalue weighted by Gasteiger charge is 2.13. The van der Waals surface area contributed by atoms with E-state index in [1.54, 1.807) is 43.3 Å². The van der Waals surface area contributed by atoms with E-state index in [1.807, 2.05) is 6.07 Å². The van der Waals surface area contributed by atoms with Gasteiger partial charge in [-0.05, 0) is 36.4 Å². The first kappa shape index (κ1) is 16.2. The standard InChI is InChI=1S/C18H15ClN2O3/c1-11-20-14-3-2-4-15(18(14)24-11)21-17(23)10-9-16(22)12-5-7-13(19)8-6-12/h2-8H,9-10H2,1H3,(H,21,23). The minimum absolute atomic E-state index is 0.0883. The van der Waals surface area contributed by atoms with Crippen LogP contribution in [0.15, 0.2) is 46.9 Å². The summed E-state index contributed by atoms with van der Waals surface area (Å²) in [6.07, 6.45) is 0.212. The van der Waals surface area contributed by atoms with Crippen LogP contribution in [0, 0.1) is 6.92 Å². The number of hydrogen-bond acceptors (Lipinski definition) is 4. The number of aryl methyl sites for hydroxylation is 1. The summed E-state index contributed by atoms with van der Waals surface area (Å²) in [5, 5.41) is 3.34. The number of carbonyl (C=O) groups is 2. The summed E-state index contributed by atoms with van der Waals surface area (Å²) in [5.41, 5.74) is 2.31. The highest BCUT2D eigenvalue weighted by Crippen LogP contribution is 2.24. The number of nitrogens with one attached hydrogen (secondary N) is 1. The van der Waals surface area contributed by atoms with Crippen LogP contribution in [-0.4, -0.2) is 16.7 Å². The molecule has 0 radical (unpaired) electrons. The molecule has 3 rings (SSSR count). The minimum atomic E-state index is -0.251. The summed E-state index contributed by atoms with van der Waals surface area (Å²) in [5.74, 6) is 0.180. The lowest BCUT2D eigenvalue weighted by molar-refractivity contribution is -0.116. The molecule has 1 aromatic heterocycles. The van der Waals surface area contributed by atoms with Crippen molar-refractivity contribution in [1.82, 2.24) is 4.98 Å². The second-order valence-electron chi connectivity index (χ2n) is 5.36. The van der Waals surface area contributed by atoms with E-state index in [0.717, 1.165) is 0 Å². The van der Waals surface area contributed by atoms with Crippen molar-refractivity contribution in [2.75, 3.05) is 5.32 Å². The molecular formula is C18H15ClN2O3. The Morgan fingerprint density at radius 3 is 2.62 bits per heavy atom. The lowest BCUT2D eigenvalue weighted by Crippen LogP contribution is -2.13. The van der Waals surface area contributed by atoms with Gasteiger partial charge in [-0.2, -0.15) is 0 Å². The second-order valence-corrected chi connectivity index (χ2v) is 5.80. The monoisotopic (exact) mass is 342 g/mol. The van der Waals surface area contributed by atoms with Gasteiger partial charge in [-0.25, -0.2) is 4.98 Å². The van der Waals surface area contributed by atoms with Gasteiger partial charge in [0.25, 0.3) is 0 Å². The van der Waals surface area contributed by atoms with Crippen LogP contribution < -0.4 is 5.32 Å². The van der Waals surface area contributed by atoms with Crippen molar-refractivity contribution in [2.45, 2.75) is 19.8 Å². The molecule has 1 heterocycles. The number of amides is 1. The maximum Gasteiger partial charge on any atom is 0.224 e. The molecule has 24 heavy (non-hydrogen) atoms. The largest absolute Gasteiger partial charge is 0.439 e. The predicted octanol–water partition coefficient (Wildman–Crippen LogP) is 4.39. The number of oxazole rings is 1. The summed E-state index contributed by atoms with van der Waals surface area (Å²) in [7, 11) is 0. The molecule has 0 saturated carbocycles. The zero-order valence-corrected chi connectivity index (χ0v) is 13.8. The Morgan fingerprint density at radius 1 is 1.12 bits per heavy atom. The number of ketones is 1. The maximum atomic E-state index is 12.1. The number of para-hydroxylation sites is 1. The van der Waals surface area contributed by atoms with Gasteiger partial charge in [0.15, 0.2) is 17.3 Å². The molecule has 0 aliphatic carbocycles. The average Bonchev–Trinajstić information content (AvgIpc) is 2.95. The molecule has 6 heteroatoms. The number of benzene rings is 2. The fraction of sp³-hybridized carbons (Fsp3) is 0.167. The number of anilines is 1. The number of aromatic nitrogens is 1. The van der Waals surface area contributed by atoms with Crippen LogP contribution in [0.4, 0.5) is 5.69 Å². The van der Waals surface area contributed by atoms with Gasteiger partial charge in [-0.3, -0.25) is 9.59 Å². The SMILES string of the molecule is Cc1nc2cccc(NC(=O)CCC(=O)c3ccc(Cl)cc3)c2o1. The van der Waals surface area contributed by atoms with Crippen LogP contribution >= 0.6 is 11.6 Å². The van der Waals surface area contributed by atoms with Crippen LogP contribution in [0.5, 0.6) is 0 Å². The Kier molecular flexibility index (Phi) is 4.62. The van der Waals surface area contributed by atoms with Crippen LogP contribution in [0.1, 0.15) is 29.1 Å². The van der Waals surface area contributed by atoms with Crippen molar-refractivity contribution in [3.8, 4) is 0 Å². The van der Waals surface area contributed by atoms with E-state index in [-0.39, 0.29) is 24.5 Å². The molecular weight excluding hydrogens is 328 g/mol. The Morgan fingerprint density at radius 2 is 1.88 bits per heavy atom. The van der Waals surface area contributed by atoms with Crippen LogP contribution in [-0.2, 0) is 4.79 Å². The third kappa shape index (κ3) is 3.63. The highest BCUT2D eigenvalue weighted by molar-refractivity contribution is 6.30. The smallest absolute Gasteiger partial charge is 0.224 e. The van der Waals surface area contributed by atoms with Crippen molar-refractivity contribution in [1.29, 1.82) is 0 Å². The number of nitrogens with zero attached hydrogens (tertiary/aromatic N) is 1. The Bertz CT molecular complexity index is 900. The Hall–Kier alpha value is -2.66. The van der Waals surface area contributed by atoms with E-state index in [2.05, 4.69) is 10.3 Å². The van der Waals surface area contributed by atoms with E-state index in [1.165, 1.54) is 0 Å². The van der Waals surface area contributed by atoms with E-state index in [9.17, 15) is 9.59 Å². The Labute approximate surface area is 143 Å². The summed E-state index contributed by atoms with van der Waals surface area (Å²) in [6, 6.07) is 12.0. The summed E-state index contributed by atoms with van der Waals surface area (Å²) in [4.78, 5) is 28.4.